The van der Waals surface area contributed by atoms with Gasteiger partial charge in [0.15, 0.2) is 0 Å². The van der Waals surface area contributed by atoms with Crippen LogP contribution >= 0.6 is 0 Å². The molecule has 154 valence electrons. The van der Waals surface area contributed by atoms with Crippen LogP contribution in [0.1, 0.15) is 28.9 Å². The smallest absolute Gasteiger partial charge is 0.254 e. The monoisotopic (exact) mass is 404 g/mol. The fourth-order valence-electron chi connectivity index (χ4n) is 4.05. The molecule has 0 radical (unpaired) electrons. The minimum absolute atomic E-state index is 0.0304. The van der Waals surface area contributed by atoms with E-state index >= 15 is 0 Å². The molecule has 1 aliphatic heterocycles. The molecule has 1 aliphatic carbocycles. The molecule has 0 spiro atoms. The van der Waals surface area contributed by atoms with Crippen molar-refractivity contribution in [2.24, 2.45) is 0 Å². The zero-order chi connectivity index (χ0) is 20.9. The van der Waals surface area contributed by atoms with E-state index < -0.39 is 5.60 Å². The van der Waals surface area contributed by atoms with Crippen molar-refractivity contribution in [2.45, 2.75) is 25.4 Å². The highest BCUT2D eigenvalue weighted by Gasteiger charge is 2.50. The Kier molecular flexibility index (Phi) is 4.36. The number of nitrogens with one attached hydrogen (secondary N) is 1. The molecule has 5 rings (SSSR count). The quantitative estimate of drug-likeness (QED) is 0.701. The minimum atomic E-state index is -1.14. The Morgan fingerprint density at radius 3 is 2.27 bits per heavy atom. The summed E-state index contributed by atoms with van der Waals surface area (Å²) in [6.07, 6.45) is 1.09. The van der Waals surface area contributed by atoms with E-state index in [2.05, 4.69) is 22.3 Å². The Morgan fingerprint density at radius 2 is 1.60 bits per heavy atom. The SMILES string of the molecule is Cc1[nH]nc2cc(-c3ccc(C(=O)N4CCN(C(=O)C5(O)CC5)CC4)cc3)ccc12. The largest absolute Gasteiger partial charge is 0.380 e. The topological polar surface area (TPSA) is 89.5 Å². The van der Waals surface area contributed by atoms with Crippen LogP contribution in [0.4, 0.5) is 0 Å². The molecule has 1 saturated carbocycles. The second-order valence-corrected chi connectivity index (χ2v) is 8.27. The number of fused-ring (bicyclic) bond motifs is 1. The van der Waals surface area contributed by atoms with Gasteiger partial charge in [-0.2, -0.15) is 5.10 Å². The molecule has 2 aliphatic rings. The molecule has 1 saturated heterocycles. The molecular formula is C23H24N4O3. The zero-order valence-electron chi connectivity index (χ0n) is 16.9. The molecule has 2 N–H and O–H groups in total. The van der Waals surface area contributed by atoms with Gasteiger partial charge >= 0.3 is 0 Å². The standard InChI is InChI=1S/C23H24N4O3/c1-15-19-7-6-18(14-20(19)25-24-15)16-2-4-17(5-3-16)21(28)26-10-12-27(13-11-26)22(29)23(30)8-9-23/h2-7,14,30H,8-13H2,1H3,(H,24,25). The van der Waals surface area contributed by atoms with Crippen molar-refractivity contribution < 1.29 is 14.7 Å². The van der Waals surface area contributed by atoms with Crippen molar-refractivity contribution in [3.8, 4) is 11.1 Å². The molecule has 7 heteroatoms. The molecule has 1 aromatic heterocycles. The third kappa shape index (κ3) is 3.25. The summed E-state index contributed by atoms with van der Waals surface area (Å²) in [5, 5.41) is 18.4. The maximum absolute atomic E-state index is 12.9. The van der Waals surface area contributed by atoms with Gasteiger partial charge in [0.05, 0.1) is 5.52 Å². The number of carbonyl (C=O) groups excluding carboxylic acids is 2. The number of benzene rings is 2. The van der Waals surface area contributed by atoms with Gasteiger partial charge in [0.2, 0.25) is 0 Å². The van der Waals surface area contributed by atoms with Crippen molar-refractivity contribution in [1.82, 2.24) is 20.0 Å². The van der Waals surface area contributed by atoms with Crippen LogP contribution in [-0.4, -0.2) is 68.7 Å². The molecule has 0 bridgehead atoms. The predicted octanol–water partition coefficient (Wildman–Crippen LogP) is 2.35. The maximum Gasteiger partial charge on any atom is 0.254 e. The van der Waals surface area contributed by atoms with E-state index in [0.29, 0.717) is 44.6 Å². The fourth-order valence-corrected chi connectivity index (χ4v) is 4.05. The number of H-pyrrole nitrogens is 1. The molecule has 0 atom stereocenters. The number of aromatic amines is 1. The van der Waals surface area contributed by atoms with Gasteiger partial charge < -0.3 is 14.9 Å². The molecule has 3 aromatic rings. The first-order valence-corrected chi connectivity index (χ1v) is 10.3. The third-order valence-electron chi connectivity index (χ3n) is 6.19. The Balaban J connectivity index is 1.26. The van der Waals surface area contributed by atoms with Crippen LogP contribution in [0.2, 0.25) is 0 Å². The van der Waals surface area contributed by atoms with Gasteiger partial charge in [-0.05, 0) is 49.1 Å². The second-order valence-electron chi connectivity index (χ2n) is 8.27. The Hall–Kier alpha value is -3.19. The first-order valence-electron chi connectivity index (χ1n) is 10.3. The first kappa shape index (κ1) is 18.8. The van der Waals surface area contributed by atoms with Gasteiger partial charge in [0.1, 0.15) is 5.60 Å². The van der Waals surface area contributed by atoms with E-state index in [9.17, 15) is 14.7 Å². The van der Waals surface area contributed by atoms with E-state index in [1.807, 2.05) is 37.3 Å². The lowest BCUT2D eigenvalue weighted by Crippen LogP contribution is -2.53. The van der Waals surface area contributed by atoms with E-state index in [-0.39, 0.29) is 11.8 Å². The lowest BCUT2D eigenvalue weighted by atomic mass is 10.0. The summed E-state index contributed by atoms with van der Waals surface area (Å²) in [6.45, 7) is 3.90. The van der Waals surface area contributed by atoms with Gasteiger partial charge in [-0.15, -0.1) is 0 Å². The van der Waals surface area contributed by atoms with Crippen molar-refractivity contribution in [3.63, 3.8) is 0 Å². The van der Waals surface area contributed by atoms with Crippen LogP contribution in [0.25, 0.3) is 22.0 Å². The average molecular weight is 404 g/mol. The summed E-state index contributed by atoms with van der Waals surface area (Å²) in [5.74, 6) is -0.222. The van der Waals surface area contributed by atoms with Gasteiger partial charge in [0, 0.05) is 42.8 Å². The summed E-state index contributed by atoms with van der Waals surface area (Å²) < 4.78 is 0. The number of nitrogens with zero attached hydrogens (tertiary/aromatic N) is 3. The highest BCUT2D eigenvalue weighted by Crippen LogP contribution is 2.37. The Bertz CT molecular complexity index is 1120. The number of piperazine rings is 1. The fraction of sp³-hybridized carbons (Fsp3) is 0.348. The summed E-state index contributed by atoms with van der Waals surface area (Å²) >= 11 is 0. The lowest BCUT2D eigenvalue weighted by molar-refractivity contribution is -0.143. The molecule has 2 amide bonds. The predicted molar refractivity (Wildman–Crippen MR) is 113 cm³/mol. The lowest BCUT2D eigenvalue weighted by Gasteiger charge is -2.35. The van der Waals surface area contributed by atoms with Crippen LogP contribution in [0.15, 0.2) is 42.5 Å². The highest BCUT2D eigenvalue weighted by atomic mass is 16.3. The Labute approximate surface area is 174 Å². The van der Waals surface area contributed by atoms with Crippen LogP contribution in [-0.2, 0) is 4.79 Å². The maximum atomic E-state index is 12.9. The molecule has 2 heterocycles. The van der Waals surface area contributed by atoms with Crippen molar-refractivity contribution in [1.29, 1.82) is 0 Å². The van der Waals surface area contributed by atoms with Crippen molar-refractivity contribution in [2.75, 3.05) is 26.2 Å². The molecule has 2 fully saturated rings. The summed E-state index contributed by atoms with van der Waals surface area (Å²) in [5.41, 5.74) is 3.55. The second kappa shape index (κ2) is 6.95. The van der Waals surface area contributed by atoms with Gasteiger partial charge in [-0.3, -0.25) is 14.7 Å². The molecule has 30 heavy (non-hydrogen) atoms. The van der Waals surface area contributed by atoms with E-state index in [0.717, 1.165) is 27.7 Å². The van der Waals surface area contributed by atoms with Gasteiger partial charge in [-0.25, -0.2) is 0 Å². The normalized spacial score (nSPS) is 17.9. The van der Waals surface area contributed by atoms with Gasteiger partial charge in [-0.1, -0.05) is 24.3 Å². The summed E-state index contributed by atoms with van der Waals surface area (Å²) in [4.78, 5) is 28.6. The summed E-state index contributed by atoms with van der Waals surface area (Å²) in [6, 6.07) is 13.8. The molecular weight excluding hydrogens is 380 g/mol. The Morgan fingerprint density at radius 1 is 0.967 bits per heavy atom. The van der Waals surface area contributed by atoms with E-state index in [1.165, 1.54) is 0 Å². The van der Waals surface area contributed by atoms with Crippen LogP contribution in [0.5, 0.6) is 0 Å². The van der Waals surface area contributed by atoms with Crippen molar-refractivity contribution in [3.05, 3.63) is 53.7 Å². The third-order valence-corrected chi connectivity index (χ3v) is 6.19. The molecule has 0 unspecified atom stereocenters. The number of carbonyl (C=O) groups is 2. The zero-order valence-corrected chi connectivity index (χ0v) is 16.9. The number of aliphatic hydroxyl groups is 1. The van der Waals surface area contributed by atoms with E-state index in [1.54, 1.807) is 9.80 Å². The average Bonchev–Trinajstić information content (AvgIpc) is 3.44. The van der Waals surface area contributed by atoms with Crippen LogP contribution < -0.4 is 0 Å². The number of rotatable bonds is 3. The highest BCUT2D eigenvalue weighted by molar-refractivity contribution is 5.95. The number of hydrogen-bond donors (Lipinski definition) is 2. The number of amides is 2. The van der Waals surface area contributed by atoms with E-state index in [4.69, 9.17) is 0 Å². The van der Waals surface area contributed by atoms with Crippen molar-refractivity contribution >= 4 is 22.7 Å². The molecule has 2 aromatic carbocycles. The first-order chi connectivity index (χ1) is 14.4. The van der Waals surface area contributed by atoms with Gasteiger partial charge in [0.25, 0.3) is 11.8 Å². The number of hydrogen-bond acceptors (Lipinski definition) is 4. The molecule has 7 nitrogen and oxygen atoms in total. The number of aryl methyl sites for hydroxylation is 1. The van der Waals surface area contributed by atoms with Crippen LogP contribution in [0, 0.1) is 6.92 Å². The minimum Gasteiger partial charge on any atom is -0.380 e. The summed E-state index contributed by atoms with van der Waals surface area (Å²) in [7, 11) is 0. The number of aromatic nitrogens is 2. The van der Waals surface area contributed by atoms with Crippen LogP contribution in [0.3, 0.4) is 0 Å².